The standard InChI is InChI=1S/C10H9N3O2S/c11-16(14,15)9-6-12-10(13-7-9)8-4-2-1-3-5-8/h1-7H,(H2,11,14,15). The second kappa shape index (κ2) is 3.99. The van der Waals surface area contributed by atoms with Crippen LogP contribution in [0.1, 0.15) is 0 Å². The summed E-state index contributed by atoms with van der Waals surface area (Å²) in [5.74, 6) is 0.466. The van der Waals surface area contributed by atoms with Crippen LogP contribution in [0.5, 0.6) is 0 Å². The summed E-state index contributed by atoms with van der Waals surface area (Å²) in [6.45, 7) is 0. The molecule has 1 aromatic heterocycles. The van der Waals surface area contributed by atoms with E-state index in [9.17, 15) is 8.42 Å². The first-order valence-electron chi connectivity index (χ1n) is 4.47. The molecule has 2 aromatic rings. The molecule has 82 valence electrons. The van der Waals surface area contributed by atoms with Crippen LogP contribution in [-0.2, 0) is 10.0 Å². The molecule has 1 heterocycles. The quantitative estimate of drug-likeness (QED) is 0.833. The van der Waals surface area contributed by atoms with Gasteiger partial charge in [-0.2, -0.15) is 0 Å². The minimum absolute atomic E-state index is 0.0906. The van der Waals surface area contributed by atoms with Crippen LogP contribution < -0.4 is 5.14 Å². The lowest BCUT2D eigenvalue weighted by atomic mass is 10.2. The maximum atomic E-state index is 11.0. The van der Waals surface area contributed by atoms with Crippen molar-refractivity contribution in [3.05, 3.63) is 42.7 Å². The maximum Gasteiger partial charge on any atom is 0.241 e. The Morgan fingerprint density at radius 3 is 2.06 bits per heavy atom. The van der Waals surface area contributed by atoms with Crippen LogP contribution in [0.2, 0.25) is 0 Å². The number of sulfonamides is 1. The molecule has 0 fully saturated rings. The SMILES string of the molecule is NS(=O)(=O)c1cnc(-c2ccccc2)nc1. The van der Waals surface area contributed by atoms with Crippen molar-refractivity contribution in [2.45, 2.75) is 4.90 Å². The molecular weight excluding hydrogens is 226 g/mol. The van der Waals surface area contributed by atoms with E-state index in [2.05, 4.69) is 9.97 Å². The summed E-state index contributed by atoms with van der Waals surface area (Å²) >= 11 is 0. The van der Waals surface area contributed by atoms with Crippen molar-refractivity contribution < 1.29 is 8.42 Å². The van der Waals surface area contributed by atoms with E-state index in [-0.39, 0.29) is 4.90 Å². The highest BCUT2D eigenvalue weighted by Crippen LogP contribution is 2.14. The number of hydrogen-bond acceptors (Lipinski definition) is 4. The van der Waals surface area contributed by atoms with Crippen LogP contribution in [0, 0.1) is 0 Å². The third-order valence-corrected chi connectivity index (χ3v) is 2.86. The zero-order valence-corrected chi connectivity index (χ0v) is 9.05. The molecule has 0 aliphatic heterocycles. The average molecular weight is 235 g/mol. The Kier molecular flexibility index (Phi) is 2.67. The van der Waals surface area contributed by atoms with Crippen LogP contribution in [0.4, 0.5) is 0 Å². The highest BCUT2D eigenvalue weighted by molar-refractivity contribution is 7.89. The third-order valence-electron chi connectivity index (χ3n) is 1.99. The van der Waals surface area contributed by atoms with E-state index >= 15 is 0 Å². The molecule has 0 aliphatic rings. The van der Waals surface area contributed by atoms with Crippen LogP contribution in [0.3, 0.4) is 0 Å². The van der Waals surface area contributed by atoms with Crippen molar-refractivity contribution in [1.82, 2.24) is 9.97 Å². The Bertz CT molecular complexity index is 579. The zero-order chi connectivity index (χ0) is 11.6. The molecule has 2 N–H and O–H groups in total. The van der Waals surface area contributed by atoms with Crippen LogP contribution in [0.25, 0.3) is 11.4 Å². The van der Waals surface area contributed by atoms with Crippen LogP contribution in [0.15, 0.2) is 47.6 Å². The number of aromatic nitrogens is 2. The number of benzene rings is 1. The molecular formula is C10H9N3O2S. The van der Waals surface area contributed by atoms with Gasteiger partial charge in [0.25, 0.3) is 0 Å². The van der Waals surface area contributed by atoms with Gasteiger partial charge in [-0.3, -0.25) is 0 Å². The normalized spacial score (nSPS) is 11.3. The zero-order valence-electron chi connectivity index (χ0n) is 8.24. The minimum Gasteiger partial charge on any atom is -0.235 e. The van der Waals surface area contributed by atoms with Crippen molar-refractivity contribution in [2.24, 2.45) is 5.14 Å². The number of nitrogens with two attached hydrogens (primary N) is 1. The van der Waals surface area contributed by atoms with Crippen molar-refractivity contribution in [2.75, 3.05) is 0 Å². The van der Waals surface area contributed by atoms with E-state index in [1.54, 1.807) is 0 Å². The van der Waals surface area contributed by atoms with E-state index in [1.165, 1.54) is 12.4 Å². The van der Waals surface area contributed by atoms with Crippen molar-refractivity contribution in [3.63, 3.8) is 0 Å². The fraction of sp³-hybridized carbons (Fsp3) is 0. The van der Waals surface area contributed by atoms with E-state index in [0.717, 1.165) is 5.56 Å². The first-order valence-corrected chi connectivity index (χ1v) is 6.02. The molecule has 0 unspecified atom stereocenters. The van der Waals surface area contributed by atoms with E-state index in [1.807, 2.05) is 30.3 Å². The summed E-state index contributed by atoms with van der Waals surface area (Å²) in [7, 11) is -3.73. The van der Waals surface area contributed by atoms with Crippen LogP contribution in [-0.4, -0.2) is 18.4 Å². The molecule has 0 saturated heterocycles. The van der Waals surface area contributed by atoms with Gasteiger partial charge in [0, 0.05) is 5.56 Å². The molecule has 0 spiro atoms. The van der Waals surface area contributed by atoms with Gasteiger partial charge in [-0.25, -0.2) is 23.5 Å². The number of hydrogen-bond donors (Lipinski definition) is 1. The molecule has 0 radical (unpaired) electrons. The van der Waals surface area contributed by atoms with Crippen LogP contribution >= 0.6 is 0 Å². The van der Waals surface area contributed by atoms with Crippen molar-refractivity contribution in [3.8, 4) is 11.4 Å². The number of rotatable bonds is 2. The lowest BCUT2D eigenvalue weighted by Crippen LogP contribution is -2.12. The minimum atomic E-state index is -3.73. The predicted molar refractivity (Wildman–Crippen MR) is 58.8 cm³/mol. The predicted octanol–water partition coefficient (Wildman–Crippen LogP) is 0.791. The third kappa shape index (κ3) is 2.23. The van der Waals surface area contributed by atoms with Gasteiger partial charge in [0.15, 0.2) is 5.82 Å². The van der Waals surface area contributed by atoms with Gasteiger partial charge in [-0.15, -0.1) is 0 Å². The molecule has 16 heavy (non-hydrogen) atoms. The fourth-order valence-corrected chi connectivity index (χ4v) is 1.60. The number of primary sulfonamides is 1. The first kappa shape index (κ1) is 10.7. The average Bonchev–Trinajstić information content (AvgIpc) is 2.29. The molecule has 6 heteroatoms. The highest BCUT2D eigenvalue weighted by atomic mass is 32.2. The smallest absolute Gasteiger partial charge is 0.235 e. The largest absolute Gasteiger partial charge is 0.241 e. The van der Waals surface area contributed by atoms with E-state index in [0.29, 0.717) is 5.82 Å². The van der Waals surface area contributed by atoms with Gasteiger partial charge in [-0.05, 0) is 0 Å². The molecule has 0 atom stereocenters. The molecule has 5 nitrogen and oxygen atoms in total. The molecule has 0 saturated carbocycles. The summed E-state index contributed by atoms with van der Waals surface area (Å²) < 4.78 is 22.0. The highest BCUT2D eigenvalue weighted by Gasteiger charge is 2.09. The van der Waals surface area contributed by atoms with Gasteiger partial charge in [0.2, 0.25) is 10.0 Å². The lowest BCUT2D eigenvalue weighted by molar-refractivity contribution is 0.597. The number of nitrogens with zero attached hydrogens (tertiary/aromatic N) is 2. The summed E-state index contributed by atoms with van der Waals surface area (Å²) in [5, 5.41) is 4.94. The fourth-order valence-electron chi connectivity index (χ4n) is 1.20. The Morgan fingerprint density at radius 1 is 1.00 bits per heavy atom. The van der Waals surface area contributed by atoms with Gasteiger partial charge in [0.1, 0.15) is 4.90 Å². The summed E-state index contributed by atoms with van der Waals surface area (Å²) in [5.41, 5.74) is 0.823. The van der Waals surface area contributed by atoms with Gasteiger partial charge < -0.3 is 0 Å². The molecule has 0 bridgehead atoms. The van der Waals surface area contributed by atoms with Crippen molar-refractivity contribution >= 4 is 10.0 Å². The molecule has 0 amide bonds. The Balaban J connectivity index is 2.41. The topological polar surface area (TPSA) is 85.9 Å². The molecule has 1 aromatic carbocycles. The van der Waals surface area contributed by atoms with Gasteiger partial charge in [0.05, 0.1) is 12.4 Å². The maximum absolute atomic E-state index is 11.0. The Morgan fingerprint density at radius 2 is 1.56 bits per heavy atom. The van der Waals surface area contributed by atoms with Gasteiger partial charge >= 0.3 is 0 Å². The summed E-state index contributed by atoms with van der Waals surface area (Å²) in [4.78, 5) is 7.80. The second-order valence-electron chi connectivity index (χ2n) is 3.15. The monoisotopic (exact) mass is 235 g/mol. The summed E-state index contributed by atoms with van der Waals surface area (Å²) in [6, 6.07) is 9.26. The van der Waals surface area contributed by atoms with Crippen molar-refractivity contribution in [1.29, 1.82) is 0 Å². The molecule has 2 rings (SSSR count). The second-order valence-corrected chi connectivity index (χ2v) is 4.71. The van der Waals surface area contributed by atoms with E-state index < -0.39 is 10.0 Å². The van der Waals surface area contributed by atoms with E-state index in [4.69, 9.17) is 5.14 Å². The molecule has 0 aliphatic carbocycles. The van der Waals surface area contributed by atoms with Gasteiger partial charge in [-0.1, -0.05) is 30.3 Å². The lowest BCUT2D eigenvalue weighted by Gasteiger charge is -2.00. The summed E-state index contributed by atoms with van der Waals surface area (Å²) in [6.07, 6.45) is 2.40. The Labute approximate surface area is 93.0 Å². The Hall–Kier alpha value is -1.79. The first-order chi connectivity index (χ1) is 7.57.